The highest BCUT2D eigenvalue weighted by Gasteiger charge is 1.81. The molecule has 12 heavy (non-hydrogen) atoms. The van der Waals surface area contributed by atoms with Crippen molar-refractivity contribution in [3.63, 3.8) is 0 Å². The van der Waals surface area contributed by atoms with Crippen LogP contribution < -0.4 is 0 Å². The first-order valence-corrected chi connectivity index (χ1v) is 3.73. The molecule has 0 aliphatic rings. The summed E-state index contributed by atoms with van der Waals surface area (Å²) in [5.41, 5.74) is 0.890. The Morgan fingerprint density at radius 1 is 1.33 bits per heavy atom. The van der Waals surface area contributed by atoms with Gasteiger partial charge in [-0.2, -0.15) is 0 Å². The molecule has 62 valence electrons. The van der Waals surface area contributed by atoms with E-state index in [4.69, 9.17) is 4.74 Å². The molecule has 0 unspecified atom stereocenters. The van der Waals surface area contributed by atoms with Gasteiger partial charge in [-0.25, -0.2) is 4.99 Å². The van der Waals surface area contributed by atoms with Gasteiger partial charge in [0.25, 0.3) is 0 Å². The van der Waals surface area contributed by atoms with Crippen LogP contribution in [0.25, 0.3) is 0 Å². The van der Waals surface area contributed by atoms with E-state index in [1.807, 2.05) is 30.3 Å². The highest BCUT2D eigenvalue weighted by molar-refractivity contribution is 5.55. The first kappa shape index (κ1) is 8.53. The molecule has 0 bridgehead atoms. The second-order valence-corrected chi connectivity index (χ2v) is 2.19. The first-order valence-electron chi connectivity index (χ1n) is 3.73. The summed E-state index contributed by atoms with van der Waals surface area (Å²) in [5.74, 6) is 0. The van der Waals surface area contributed by atoms with E-state index in [0.717, 1.165) is 5.69 Å². The fourth-order valence-corrected chi connectivity index (χ4v) is 0.723. The second kappa shape index (κ2) is 5.13. The minimum absolute atomic E-state index is 0.496. The third kappa shape index (κ3) is 3.01. The summed E-state index contributed by atoms with van der Waals surface area (Å²) in [5, 5.41) is 0. The van der Waals surface area contributed by atoms with Crippen molar-refractivity contribution in [2.24, 2.45) is 4.99 Å². The molecule has 2 heteroatoms. The van der Waals surface area contributed by atoms with Crippen molar-refractivity contribution < 1.29 is 4.74 Å². The highest BCUT2D eigenvalue weighted by atomic mass is 16.5. The average Bonchev–Trinajstić information content (AvgIpc) is 2.14. The van der Waals surface area contributed by atoms with Gasteiger partial charge in [0.15, 0.2) is 6.40 Å². The molecule has 0 aromatic heterocycles. The molecule has 1 aromatic rings. The molecule has 0 N–H and O–H groups in total. The number of benzene rings is 1. The predicted octanol–water partition coefficient (Wildman–Crippen LogP) is 2.55. The van der Waals surface area contributed by atoms with Crippen LogP contribution in [0.3, 0.4) is 0 Å². The standard InChI is InChI=1S/C10H11NO/c1-2-8-12-9-11-10-6-4-3-5-7-10/h2-7,9H,1,8H2/b11-9+. The van der Waals surface area contributed by atoms with E-state index < -0.39 is 0 Å². The number of hydrogen-bond donors (Lipinski definition) is 0. The maximum Gasteiger partial charge on any atom is 0.174 e. The molecule has 0 saturated carbocycles. The van der Waals surface area contributed by atoms with E-state index in [2.05, 4.69) is 11.6 Å². The molecular formula is C10H11NO. The predicted molar refractivity (Wildman–Crippen MR) is 50.7 cm³/mol. The molecule has 0 heterocycles. The Labute approximate surface area is 72.2 Å². The van der Waals surface area contributed by atoms with Crippen molar-refractivity contribution in [3.05, 3.63) is 43.0 Å². The SMILES string of the molecule is C=CCO/C=N/c1ccccc1. The van der Waals surface area contributed by atoms with E-state index in [0.29, 0.717) is 6.61 Å². The molecule has 1 rings (SSSR count). The van der Waals surface area contributed by atoms with Gasteiger partial charge in [-0.15, -0.1) is 0 Å². The molecule has 0 fully saturated rings. The van der Waals surface area contributed by atoms with Crippen LogP contribution in [0.1, 0.15) is 0 Å². The lowest BCUT2D eigenvalue weighted by Crippen LogP contribution is -1.84. The third-order valence-electron chi connectivity index (χ3n) is 1.25. The fourth-order valence-electron chi connectivity index (χ4n) is 0.723. The second-order valence-electron chi connectivity index (χ2n) is 2.19. The monoisotopic (exact) mass is 161 g/mol. The van der Waals surface area contributed by atoms with Crippen LogP contribution in [-0.4, -0.2) is 13.0 Å². The Hall–Kier alpha value is -1.57. The minimum Gasteiger partial charge on any atom is -0.479 e. The molecule has 0 atom stereocenters. The number of hydrogen-bond acceptors (Lipinski definition) is 2. The number of ether oxygens (including phenoxy) is 1. The largest absolute Gasteiger partial charge is 0.479 e. The molecule has 2 nitrogen and oxygen atoms in total. The average molecular weight is 161 g/mol. The van der Waals surface area contributed by atoms with Crippen LogP contribution in [0.4, 0.5) is 5.69 Å². The Balaban J connectivity index is 2.41. The fraction of sp³-hybridized carbons (Fsp3) is 0.100. The maximum absolute atomic E-state index is 4.98. The zero-order valence-electron chi connectivity index (χ0n) is 6.81. The molecular weight excluding hydrogens is 150 g/mol. The summed E-state index contributed by atoms with van der Waals surface area (Å²) in [6.45, 7) is 4.01. The normalized spacial score (nSPS) is 10.0. The van der Waals surface area contributed by atoms with Crippen molar-refractivity contribution in [2.75, 3.05) is 6.61 Å². The lowest BCUT2D eigenvalue weighted by atomic mass is 10.3. The van der Waals surface area contributed by atoms with Crippen molar-refractivity contribution in [1.82, 2.24) is 0 Å². The van der Waals surface area contributed by atoms with Gasteiger partial charge in [-0.3, -0.25) is 0 Å². The van der Waals surface area contributed by atoms with Gasteiger partial charge in [0.05, 0.1) is 5.69 Å². The van der Waals surface area contributed by atoms with Crippen LogP contribution in [0.5, 0.6) is 0 Å². The molecule has 0 aliphatic heterocycles. The summed E-state index contributed by atoms with van der Waals surface area (Å²) in [7, 11) is 0. The van der Waals surface area contributed by atoms with Crippen LogP contribution in [0.2, 0.25) is 0 Å². The van der Waals surface area contributed by atoms with E-state index in [1.54, 1.807) is 6.08 Å². The van der Waals surface area contributed by atoms with Crippen molar-refractivity contribution in [1.29, 1.82) is 0 Å². The lowest BCUT2D eigenvalue weighted by molar-refractivity contribution is 0.368. The van der Waals surface area contributed by atoms with Crippen molar-refractivity contribution in [3.8, 4) is 0 Å². The van der Waals surface area contributed by atoms with Crippen LogP contribution >= 0.6 is 0 Å². The Morgan fingerprint density at radius 2 is 2.08 bits per heavy atom. The minimum atomic E-state index is 0.496. The summed E-state index contributed by atoms with van der Waals surface area (Å²) in [4.78, 5) is 4.05. The van der Waals surface area contributed by atoms with E-state index in [1.165, 1.54) is 6.40 Å². The molecule has 1 aromatic carbocycles. The molecule has 0 spiro atoms. The van der Waals surface area contributed by atoms with Crippen molar-refractivity contribution >= 4 is 12.1 Å². The van der Waals surface area contributed by atoms with Crippen LogP contribution in [0, 0.1) is 0 Å². The number of nitrogens with zero attached hydrogens (tertiary/aromatic N) is 1. The van der Waals surface area contributed by atoms with E-state index in [9.17, 15) is 0 Å². The molecule has 0 radical (unpaired) electrons. The zero-order valence-corrected chi connectivity index (χ0v) is 6.81. The quantitative estimate of drug-likeness (QED) is 0.288. The third-order valence-corrected chi connectivity index (χ3v) is 1.25. The lowest BCUT2D eigenvalue weighted by Gasteiger charge is -1.92. The Morgan fingerprint density at radius 3 is 2.75 bits per heavy atom. The van der Waals surface area contributed by atoms with Gasteiger partial charge in [0, 0.05) is 0 Å². The van der Waals surface area contributed by atoms with Gasteiger partial charge >= 0.3 is 0 Å². The number of aliphatic imine (C=N–C) groups is 1. The number of para-hydroxylation sites is 1. The van der Waals surface area contributed by atoms with Crippen LogP contribution in [0.15, 0.2) is 48.0 Å². The Bertz CT molecular complexity index is 254. The topological polar surface area (TPSA) is 21.6 Å². The maximum atomic E-state index is 4.98. The van der Waals surface area contributed by atoms with Gasteiger partial charge in [0.2, 0.25) is 0 Å². The Kier molecular flexibility index (Phi) is 3.64. The van der Waals surface area contributed by atoms with Gasteiger partial charge in [0.1, 0.15) is 6.61 Å². The van der Waals surface area contributed by atoms with Crippen LogP contribution in [-0.2, 0) is 4.74 Å². The van der Waals surface area contributed by atoms with Gasteiger partial charge in [-0.05, 0) is 12.1 Å². The summed E-state index contributed by atoms with van der Waals surface area (Å²) < 4.78 is 4.98. The van der Waals surface area contributed by atoms with E-state index in [-0.39, 0.29) is 0 Å². The molecule has 0 aliphatic carbocycles. The van der Waals surface area contributed by atoms with Gasteiger partial charge in [-0.1, -0.05) is 30.9 Å². The summed E-state index contributed by atoms with van der Waals surface area (Å²) in [6.07, 6.45) is 3.11. The number of rotatable bonds is 4. The molecule has 0 saturated heterocycles. The first-order chi connectivity index (χ1) is 5.93. The highest BCUT2D eigenvalue weighted by Crippen LogP contribution is 2.07. The molecule has 0 amide bonds. The summed E-state index contributed by atoms with van der Waals surface area (Å²) in [6, 6.07) is 9.63. The zero-order chi connectivity index (χ0) is 8.65. The smallest absolute Gasteiger partial charge is 0.174 e. The van der Waals surface area contributed by atoms with Gasteiger partial charge < -0.3 is 4.74 Å². The van der Waals surface area contributed by atoms with E-state index >= 15 is 0 Å². The summed E-state index contributed by atoms with van der Waals surface area (Å²) >= 11 is 0. The van der Waals surface area contributed by atoms with Crippen molar-refractivity contribution in [2.45, 2.75) is 0 Å².